The molecule has 0 rings (SSSR count). The molecule has 0 saturated heterocycles. The van der Waals surface area contributed by atoms with Crippen molar-refractivity contribution >= 4 is 39.5 Å². The summed E-state index contributed by atoms with van der Waals surface area (Å²) in [7, 11) is -9.92. The van der Waals surface area contributed by atoms with Gasteiger partial charge in [-0.2, -0.15) is 0 Å². The van der Waals surface area contributed by atoms with Crippen molar-refractivity contribution < 1.29 is 80.2 Å². The molecular formula is C83H162O17P2. The lowest BCUT2D eigenvalue weighted by molar-refractivity contribution is -0.161. The number of hydrogen-bond donors (Lipinski definition) is 3. The van der Waals surface area contributed by atoms with E-state index in [9.17, 15) is 43.2 Å². The summed E-state index contributed by atoms with van der Waals surface area (Å²) in [5, 5.41) is 10.7. The molecule has 19 heteroatoms. The van der Waals surface area contributed by atoms with E-state index in [0.717, 1.165) is 102 Å². The number of ether oxygens (including phenoxy) is 4. The van der Waals surface area contributed by atoms with Gasteiger partial charge >= 0.3 is 39.5 Å². The SMILES string of the molecule is CCCCCCCCCCCCCCCC(=O)O[C@H](COC(=O)CCCCCCCCCCCCC)COP(=O)(O)OC[C@H](O)COP(=O)(O)OC[C@@H](COC(=O)CCCCCCCCCCCCCCCCCCC(C)C)OC(=O)CCCCCCCCCCCCCCCCCCC(C)C. The van der Waals surface area contributed by atoms with Crippen LogP contribution in [0.15, 0.2) is 0 Å². The Morgan fingerprint density at radius 1 is 0.265 bits per heavy atom. The van der Waals surface area contributed by atoms with Crippen molar-refractivity contribution in [3.05, 3.63) is 0 Å². The van der Waals surface area contributed by atoms with Crippen LogP contribution in [0.4, 0.5) is 0 Å². The number of aliphatic hydroxyl groups is 1. The minimum atomic E-state index is -4.96. The molecule has 0 spiro atoms. The summed E-state index contributed by atoms with van der Waals surface area (Å²) in [5.41, 5.74) is 0. The summed E-state index contributed by atoms with van der Waals surface area (Å²) < 4.78 is 68.8. The number of phosphoric acid groups is 2. The van der Waals surface area contributed by atoms with Crippen molar-refractivity contribution in [1.82, 2.24) is 0 Å². The van der Waals surface area contributed by atoms with Crippen molar-refractivity contribution in [3.63, 3.8) is 0 Å². The summed E-state index contributed by atoms with van der Waals surface area (Å²) in [6.45, 7) is 9.71. The molecule has 0 aliphatic carbocycles. The topological polar surface area (TPSA) is 237 Å². The third-order valence-electron chi connectivity index (χ3n) is 19.5. The summed E-state index contributed by atoms with van der Waals surface area (Å²) in [6, 6.07) is 0. The molecule has 0 amide bonds. The van der Waals surface area contributed by atoms with Gasteiger partial charge in [-0.25, -0.2) is 9.13 Å². The fourth-order valence-corrected chi connectivity index (χ4v) is 14.5. The van der Waals surface area contributed by atoms with Crippen LogP contribution in [0.5, 0.6) is 0 Å². The van der Waals surface area contributed by atoms with Crippen LogP contribution < -0.4 is 0 Å². The number of carbonyl (C=O) groups is 4. The van der Waals surface area contributed by atoms with Gasteiger partial charge in [0.1, 0.15) is 19.3 Å². The first-order valence-corrected chi connectivity index (χ1v) is 46.0. The maximum Gasteiger partial charge on any atom is 0.472 e. The average molecular weight is 1490 g/mol. The van der Waals surface area contributed by atoms with E-state index < -0.39 is 97.5 Å². The van der Waals surface area contributed by atoms with Crippen molar-refractivity contribution in [3.8, 4) is 0 Å². The molecule has 0 saturated carbocycles. The smallest absolute Gasteiger partial charge is 0.462 e. The molecule has 0 aromatic rings. The van der Waals surface area contributed by atoms with E-state index in [1.165, 1.54) is 257 Å². The van der Waals surface area contributed by atoms with Crippen molar-refractivity contribution in [2.45, 2.75) is 458 Å². The molecule has 0 aromatic carbocycles. The number of hydrogen-bond acceptors (Lipinski definition) is 15. The van der Waals surface area contributed by atoms with E-state index in [1.807, 2.05) is 0 Å². The lowest BCUT2D eigenvalue weighted by Crippen LogP contribution is -2.30. The zero-order chi connectivity index (χ0) is 74.9. The second-order valence-electron chi connectivity index (χ2n) is 30.8. The zero-order valence-electron chi connectivity index (χ0n) is 66.9. The van der Waals surface area contributed by atoms with Gasteiger partial charge in [0.25, 0.3) is 0 Å². The van der Waals surface area contributed by atoms with Gasteiger partial charge in [0, 0.05) is 25.7 Å². The number of esters is 4. The van der Waals surface area contributed by atoms with Crippen LogP contribution in [-0.4, -0.2) is 96.7 Å². The first-order chi connectivity index (χ1) is 49.4. The Balaban J connectivity index is 5.23. The monoisotopic (exact) mass is 1490 g/mol. The largest absolute Gasteiger partial charge is 0.472 e. The summed E-state index contributed by atoms with van der Waals surface area (Å²) in [5.74, 6) is -0.482. The minimum absolute atomic E-state index is 0.108. The van der Waals surface area contributed by atoms with E-state index in [-0.39, 0.29) is 25.7 Å². The third-order valence-corrected chi connectivity index (χ3v) is 21.4. The van der Waals surface area contributed by atoms with Crippen molar-refractivity contribution in [2.75, 3.05) is 39.6 Å². The van der Waals surface area contributed by atoms with Gasteiger partial charge in [-0.3, -0.25) is 37.3 Å². The summed E-state index contributed by atoms with van der Waals surface area (Å²) in [6.07, 6.45) is 65.1. The van der Waals surface area contributed by atoms with Gasteiger partial charge < -0.3 is 33.8 Å². The average Bonchev–Trinajstić information content (AvgIpc) is 0.916. The van der Waals surface area contributed by atoms with Gasteiger partial charge in [-0.15, -0.1) is 0 Å². The molecule has 0 aliphatic heterocycles. The number of unbranched alkanes of at least 4 members (excludes halogenated alkanes) is 52. The molecule has 0 heterocycles. The molecule has 606 valence electrons. The minimum Gasteiger partial charge on any atom is -0.462 e. The number of rotatable bonds is 82. The van der Waals surface area contributed by atoms with Gasteiger partial charge in [-0.1, -0.05) is 388 Å². The maximum absolute atomic E-state index is 13.1. The Labute approximate surface area is 626 Å². The molecule has 0 fully saturated rings. The Hall–Kier alpha value is -1.94. The Morgan fingerprint density at radius 2 is 0.451 bits per heavy atom. The second kappa shape index (κ2) is 74.5. The van der Waals surface area contributed by atoms with Crippen molar-refractivity contribution in [2.24, 2.45) is 11.8 Å². The maximum atomic E-state index is 13.1. The quantitative estimate of drug-likeness (QED) is 0.0222. The predicted molar refractivity (Wildman–Crippen MR) is 418 cm³/mol. The molecule has 0 bridgehead atoms. The Bertz CT molecular complexity index is 1960. The molecule has 102 heavy (non-hydrogen) atoms. The predicted octanol–water partition coefficient (Wildman–Crippen LogP) is 25.1. The molecule has 2 unspecified atom stereocenters. The standard InChI is InChI=1S/C83H162O17P2/c1-7-9-11-13-15-17-19-28-37-43-49-55-61-67-82(87)99-78(71-93-80(85)65-59-53-47-41-33-18-16-14-12-10-8-2)73-97-101(89,90)95-69-77(84)70-96-102(91,92)98-74-79(100-83(88)68-62-56-50-44-38-32-27-23-21-25-30-35-40-46-52-58-64-76(5)6)72-94-81(86)66-60-54-48-42-36-31-26-22-20-24-29-34-39-45-51-57-63-75(3)4/h75-79,84H,7-74H2,1-6H3,(H,89,90)(H,91,92)/t77-,78+,79+/m0/s1. The Kier molecular flexibility index (Phi) is 73.1. The van der Waals surface area contributed by atoms with Gasteiger partial charge in [0.2, 0.25) is 0 Å². The highest BCUT2D eigenvalue weighted by molar-refractivity contribution is 7.47. The molecule has 0 aliphatic rings. The van der Waals surface area contributed by atoms with Crippen LogP contribution in [0.2, 0.25) is 0 Å². The second-order valence-corrected chi connectivity index (χ2v) is 33.7. The van der Waals surface area contributed by atoms with Crippen LogP contribution in [0.25, 0.3) is 0 Å². The van der Waals surface area contributed by atoms with Crippen LogP contribution in [0.3, 0.4) is 0 Å². The van der Waals surface area contributed by atoms with E-state index in [1.54, 1.807) is 0 Å². The fraction of sp³-hybridized carbons (Fsp3) is 0.952. The summed E-state index contributed by atoms with van der Waals surface area (Å²) in [4.78, 5) is 73.1. The highest BCUT2D eigenvalue weighted by Crippen LogP contribution is 2.45. The highest BCUT2D eigenvalue weighted by atomic mass is 31.2. The van der Waals surface area contributed by atoms with Crippen LogP contribution in [-0.2, 0) is 65.4 Å². The molecule has 5 atom stereocenters. The molecule has 0 radical (unpaired) electrons. The van der Waals surface area contributed by atoms with Crippen LogP contribution >= 0.6 is 15.6 Å². The first kappa shape index (κ1) is 100. The normalized spacial score (nSPS) is 13.9. The lowest BCUT2D eigenvalue weighted by Gasteiger charge is -2.21. The molecule has 3 N–H and O–H groups in total. The Morgan fingerprint density at radius 3 is 0.667 bits per heavy atom. The van der Waals surface area contributed by atoms with E-state index in [2.05, 4.69) is 41.5 Å². The number of phosphoric ester groups is 2. The first-order valence-electron chi connectivity index (χ1n) is 43.0. The van der Waals surface area contributed by atoms with Gasteiger partial charge in [0.15, 0.2) is 12.2 Å². The molecule has 0 aromatic heterocycles. The lowest BCUT2D eigenvalue weighted by atomic mass is 10.0. The van der Waals surface area contributed by atoms with Gasteiger partial charge in [-0.05, 0) is 37.5 Å². The van der Waals surface area contributed by atoms with Crippen LogP contribution in [0.1, 0.15) is 440 Å². The molecular weight excluding hydrogens is 1330 g/mol. The van der Waals surface area contributed by atoms with Crippen LogP contribution in [0, 0.1) is 11.8 Å². The number of aliphatic hydroxyl groups excluding tert-OH is 1. The zero-order valence-corrected chi connectivity index (χ0v) is 68.7. The van der Waals surface area contributed by atoms with E-state index in [4.69, 9.17) is 37.0 Å². The van der Waals surface area contributed by atoms with E-state index >= 15 is 0 Å². The third kappa shape index (κ3) is 76.3. The van der Waals surface area contributed by atoms with E-state index in [0.29, 0.717) is 25.7 Å². The highest BCUT2D eigenvalue weighted by Gasteiger charge is 2.30. The summed E-state index contributed by atoms with van der Waals surface area (Å²) >= 11 is 0. The number of carbonyl (C=O) groups excluding carboxylic acids is 4. The van der Waals surface area contributed by atoms with Gasteiger partial charge in [0.05, 0.1) is 26.4 Å². The molecule has 17 nitrogen and oxygen atoms in total. The fourth-order valence-electron chi connectivity index (χ4n) is 12.9. The van der Waals surface area contributed by atoms with Crippen molar-refractivity contribution in [1.29, 1.82) is 0 Å².